The number of esters is 1. The topological polar surface area (TPSA) is 26.3 Å². The molecule has 0 spiro atoms. The average molecular weight is 182 g/mol. The van der Waals surface area contributed by atoms with Crippen LogP contribution >= 0.6 is 0 Å². The number of carbonyl (C=O) groups is 1. The van der Waals surface area contributed by atoms with E-state index in [-0.39, 0.29) is 5.97 Å². The lowest BCUT2D eigenvalue weighted by Gasteiger charge is -2.06. The van der Waals surface area contributed by atoms with Crippen molar-refractivity contribution in [1.82, 2.24) is 0 Å². The van der Waals surface area contributed by atoms with Crippen molar-refractivity contribution in [2.45, 2.75) is 27.2 Å². The maximum absolute atomic E-state index is 11.1. The van der Waals surface area contributed by atoms with E-state index in [1.54, 1.807) is 13.0 Å². The van der Waals surface area contributed by atoms with E-state index in [1.807, 2.05) is 19.9 Å². The van der Waals surface area contributed by atoms with E-state index in [0.717, 1.165) is 6.42 Å². The molecule has 0 bridgehead atoms. The molecule has 0 radical (unpaired) electrons. The summed E-state index contributed by atoms with van der Waals surface area (Å²) in [5, 5.41) is 0. The van der Waals surface area contributed by atoms with Gasteiger partial charge in [-0.05, 0) is 26.2 Å². The molecule has 1 unspecified atom stereocenters. The number of allylic oxidation sites excluding steroid dienone is 2. The molecular formula is C11H18O2. The normalized spacial score (nSPS) is 13.6. The van der Waals surface area contributed by atoms with Crippen LogP contribution in [0.3, 0.4) is 0 Å². The number of ether oxygens (including phenoxy) is 1. The van der Waals surface area contributed by atoms with Gasteiger partial charge in [-0.3, -0.25) is 0 Å². The zero-order valence-electron chi connectivity index (χ0n) is 8.67. The molecule has 0 aliphatic carbocycles. The van der Waals surface area contributed by atoms with Crippen LogP contribution in [-0.2, 0) is 9.53 Å². The van der Waals surface area contributed by atoms with Crippen LogP contribution in [0.15, 0.2) is 24.3 Å². The third-order valence-corrected chi connectivity index (χ3v) is 1.96. The van der Waals surface area contributed by atoms with Gasteiger partial charge in [0.25, 0.3) is 0 Å². The van der Waals surface area contributed by atoms with Crippen LogP contribution in [0.2, 0.25) is 0 Å². The minimum atomic E-state index is -0.223. The maximum Gasteiger partial charge on any atom is 0.333 e. The van der Waals surface area contributed by atoms with Crippen molar-refractivity contribution < 1.29 is 9.53 Å². The van der Waals surface area contributed by atoms with Crippen LogP contribution in [0, 0.1) is 5.92 Å². The van der Waals surface area contributed by atoms with Gasteiger partial charge in [-0.25, -0.2) is 4.79 Å². The standard InChI is InChI=1S/C11H18O2/c1-5-9(3)7-8-13-11(12)10(4)6-2/h5-6,9H,1,7-8H2,2-4H3. The SMILES string of the molecule is C=CC(C)CCOC(=O)C(C)=CC. The first-order chi connectivity index (χ1) is 6.11. The second-order valence-corrected chi connectivity index (χ2v) is 3.11. The minimum Gasteiger partial charge on any atom is -0.462 e. The Labute approximate surface area is 80.3 Å². The third-order valence-electron chi connectivity index (χ3n) is 1.96. The van der Waals surface area contributed by atoms with Gasteiger partial charge in [-0.15, -0.1) is 6.58 Å². The lowest BCUT2D eigenvalue weighted by Crippen LogP contribution is -2.08. The summed E-state index contributed by atoms with van der Waals surface area (Å²) < 4.78 is 5.01. The van der Waals surface area contributed by atoms with Gasteiger partial charge in [0, 0.05) is 5.57 Å². The van der Waals surface area contributed by atoms with Crippen molar-refractivity contribution in [3.05, 3.63) is 24.3 Å². The molecule has 0 aromatic rings. The molecule has 2 heteroatoms. The van der Waals surface area contributed by atoms with Crippen LogP contribution in [0.25, 0.3) is 0 Å². The molecule has 0 saturated carbocycles. The molecule has 74 valence electrons. The van der Waals surface area contributed by atoms with Crippen molar-refractivity contribution in [1.29, 1.82) is 0 Å². The number of carbonyl (C=O) groups excluding carboxylic acids is 1. The summed E-state index contributed by atoms with van der Waals surface area (Å²) in [6, 6.07) is 0. The van der Waals surface area contributed by atoms with Gasteiger partial charge in [0.2, 0.25) is 0 Å². The Morgan fingerprint density at radius 1 is 1.62 bits per heavy atom. The molecule has 0 aliphatic heterocycles. The number of rotatable bonds is 5. The zero-order chi connectivity index (χ0) is 10.3. The fourth-order valence-corrected chi connectivity index (χ4v) is 0.687. The first-order valence-corrected chi connectivity index (χ1v) is 4.54. The van der Waals surface area contributed by atoms with Crippen LogP contribution in [0.4, 0.5) is 0 Å². The number of hydrogen-bond donors (Lipinski definition) is 0. The zero-order valence-corrected chi connectivity index (χ0v) is 8.67. The molecule has 1 atom stereocenters. The van der Waals surface area contributed by atoms with Crippen LogP contribution in [0.5, 0.6) is 0 Å². The second-order valence-electron chi connectivity index (χ2n) is 3.11. The third kappa shape index (κ3) is 5.23. The van der Waals surface area contributed by atoms with E-state index < -0.39 is 0 Å². The highest BCUT2D eigenvalue weighted by Crippen LogP contribution is 2.04. The molecule has 0 fully saturated rings. The molecular weight excluding hydrogens is 164 g/mol. The van der Waals surface area contributed by atoms with Gasteiger partial charge in [-0.1, -0.05) is 19.1 Å². The summed E-state index contributed by atoms with van der Waals surface area (Å²) >= 11 is 0. The molecule has 0 N–H and O–H groups in total. The summed E-state index contributed by atoms with van der Waals surface area (Å²) in [6.45, 7) is 9.74. The van der Waals surface area contributed by atoms with Gasteiger partial charge < -0.3 is 4.74 Å². The van der Waals surface area contributed by atoms with Gasteiger partial charge in [0.05, 0.1) is 6.61 Å². The van der Waals surface area contributed by atoms with Gasteiger partial charge in [-0.2, -0.15) is 0 Å². The van der Waals surface area contributed by atoms with Crippen molar-refractivity contribution in [2.24, 2.45) is 5.92 Å². The van der Waals surface area contributed by atoms with Crippen LogP contribution in [-0.4, -0.2) is 12.6 Å². The van der Waals surface area contributed by atoms with E-state index in [4.69, 9.17) is 4.74 Å². The van der Waals surface area contributed by atoms with Gasteiger partial charge in [0.1, 0.15) is 0 Å². The Morgan fingerprint density at radius 3 is 2.69 bits per heavy atom. The number of hydrogen-bond acceptors (Lipinski definition) is 2. The van der Waals surface area contributed by atoms with Crippen LogP contribution in [0.1, 0.15) is 27.2 Å². The lowest BCUT2D eigenvalue weighted by molar-refractivity contribution is -0.139. The quantitative estimate of drug-likeness (QED) is 0.371. The molecule has 0 saturated heterocycles. The first-order valence-electron chi connectivity index (χ1n) is 4.54. The Balaban J connectivity index is 3.66. The summed E-state index contributed by atoms with van der Waals surface area (Å²) in [7, 11) is 0. The molecule has 0 rings (SSSR count). The summed E-state index contributed by atoms with van der Waals surface area (Å²) in [5.74, 6) is 0.178. The second kappa shape index (κ2) is 6.46. The smallest absolute Gasteiger partial charge is 0.333 e. The largest absolute Gasteiger partial charge is 0.462 e. The van der Waals surface area contributed by atoms with Crippen LogP contribution < -0.4 is 0 Å². The monoisotopic (exact) mass is 182 g/mol. The molecule has 0 aromatic heterocycles. The predicted molar refractivity (Wildman–Crippen MR) is 54.4 cm³/mol. The molecule has 0 aromatic carbocycles. The molecule has 2 nitrogen and oxygen atoms in total. The van der Waals surface area contributed by atoms with E-state index in [1.165, 1.54) is 0 Å². The maximum atomic E-state index is 11.1. The van der Waals surface area contributed by atoms with Crippen molar-refractivity contribution in [2.75, 3.05) is 6.61 Å². The lowest BCUT2D eigenvalue weighted by atomic mass is 10.1. The fraction of sp³-hybridized carbons (Fsp3) is 0.545. The predicted octanol–water partition coefficient (Wildman–Crippen LogP) is 2.71. The van der Waals surface area contributed by atoms with E-state index in [0.29, 0.717) is 18.1 Å². The molecule has 0 aliphatic rings. The Bertz CT molecular complexity index is 204. The highest BCUT2D eigenvalue weighted by atomic mass is 16.5. The molecule has 13 heavy (non-hydrogen) atoms. The van der Waals surface area contributed by atoms with Crippen molar-refractivity contribution >= 4 is 5.97 Å². The van der Waals surface area contributed by atoms with Gasteiger partial charge >= 0.3 is 5.97 Å². The molecule has 0 amide bonds. The summed E-state index contributed by atoms with van der Waals surface area (Å²) in [5.41, 5.74) is 0.659. The fourth-order valence-electron chi connectivity index (χ4n) is 0.687. The summed E-state index contributed by atoms with van der Waals surface area (Å²) in [4.78, 5) is 11.1. The van der Waals surface area contributed by atoms with E-state index in [9.17, 15) is 4.79 Å². The minimum absolute atomic E-state index is 0.223. The average Bonchev–Trinajstić information content (AvgIpc) is 2.15. The molecule has 0 heterocycles. The summed E-state index contributed by atoms with van der Waals surface area (Å²) in [6.07, 6.45) is 4.45. The van der Waals surface area contributed by atoms with E-state index in [2.05, 4.69) is 6.58 Å². The Hall–Kier alpha value is -1.05. The highest BCUT2D eigenvalue weighted by molar-refractivity contribution is 5.87. The van der Waals surface area contributed by atoms with Gasteiger partial charge in [0.15, 0.2) is 0 Å². The van der Waals surface area contributed by atoms with Crippen molar-refractivity contribution in [3.63, 3.8) is 0 Å². The first kappa shape index (κ1) is 11.9. The van der Waals surface area contributed by atoms with Crippen molar-refractivity contribution in [3.8, 4) is 0 Å². The Kier molecular flexibility index (Phi) is 5.94. The highest BCUT2D eigenvalue weighted by Gasteiger charge is 2.04. The Morgan fingerprint density at radius 2 is 2.23 bits per heavy atom. The van der Waals surface area contributed by atoms with E-state index >= 15 is 0 Å².